The van der Waals surface area contributed by atoms with Gasteiger partial charge in [-0.15, -0.1) is 0 Å². The monoisotopic (exact) mass is 241 g/mol. The van der Waals surface area contributed by atoms with Crippen LogP contribution >= 0.6 is 22.9 Å². The lowest BCUT2D eigenvalue weighted by Gasteiger charge is -2.13. The van der Waals surface area contributed by atoms with Gasteiger partial charge in [0.25, 0.3) is 0 Å². The van der Waals surface area contributed by atoms with Gasteiger partial charge in [-0.25, -0.2) is 0 Å². The number of rotatable bonds is 1. The van der Waals surface area contributed by atoms with E-state index in [1.165, 1.54) is 0 Å². The third-order valence-corrected chi connectivity index (χ3v) is 2.79. The Kier molecular flexibility index (Phi) is 2.29. The zero-order valence-electron chi connectivity index (χ0n) is 4.88. The molecule has 1 atom stereocenters. The molecule has 0 aliphatic carbocycles. The summed E-state index contributed by atoms with van der Waals surface area (Å²) in [5.74, 6) is 0.134. The van der Waals surface area contributed by atoms with Gasteiger partial charge in [0.1, 0.15) is 0 Å². The van der Waals surface area contributed by atoms with Crippen molar-refractivity contribution in [2.45, 2.75) is 18.9 Å². The number of hydrogen-bond acceptors (Lipinski definition) is 2. The summed E-state index contributed by atoms with van der Waals surface area (Å²) in [6, 6.07) is 0.0677. The van der Waals surface area contributed by atoms with Crippen LogP contribution in [0.4, 0.5) is 0 Å². The summed E-state index contributed by atoms with van der Waals surface area (Å²) in [6.07, 6.45) is 1.40. The summed E-state index contributed by atoms with van der Waals surface area (Å²) in [5.41, 5.74) is 0. The van der Waals surface area contributed by atoms with Gasteiger partial charge in [0, 0.05) is 6.42 Å². The molecule has 0 unspecified atom stereocenters. The Hall–Kier alpha value is 0.160. The number of aliphatic hydroxyl groups is 1. The molecular weight excluding hydrogens is 233 g/mol. The predicted octanol–water partition coefficient (Wildman–Crippen LogP) is 0.320. The highest BCUT2D eigenvalue weighted by molar-refractivity contribution is 14.1. The van der Waals surface area contributed by atoms with Gasteiger partial charge in [-0.3, -0.25) is 7.91 Å². The topological polar surface area (TPSA) is 40.5 Å². The van der Waals surface area contributed by atoms with E-state index in [4.69, 9.17) is 5.11 Å². The molecule has 0 saturated carbocycles. The van der Waals surface area contributed by atoms with Crippen LogP contribution in [0.25, 0.3) is 0 Å². The van der Waals surface area contributed by atoms with Crippen LogP contribution in [0.5, 0.6) is 0 Å². The number of aliphatic hydroxyl groups excluding tert-OH is 1. The maximum Gasteiger partial charge on any atom is 0.231 e. The van der Waals surface area contributed by atoms with Crippen molar-refractivity contribution < 1.29 is 9.90 Å². The zero-order valence-corrected chi connectivity index (χ0v) is 7.04. The van der Waals surface area contributed by atoms with Crippen LogP contribution in [0.15, 0.2) is 0 Å². The van der Waals surface area contributed by atoms with E-state index in [9.17, 15) is 4.79 Å². The average molecular weight is 241 g/mol. The van der Waals surface area contributed by atoms with Crippen molar-refractivity contribution in [1.82, 2.24) is 3.11 Å². The number of nitrogens with zero attached hydrogens (tertiary/aromatic N) is 1. The third kappa shape index (κ3) is 1.35. The lowest BCUT2D eigenvalue weighted by atomic mass is 10.2. The van der Waals surface area contributed by atoms with Crippen LogP contribution in [0.1, 0.15) is 12.8 Å². The summed E-state index contributed by atoms with van der Waals surface area (Å²) in [7, 11) is 0. The van der Waals surface area contributed by atoms with Crippen molar-refractivity contribution in [2.75, 3.05) is 6.61 Å². The highest BCUT2D eigenvalue weighted by Crippen LogP contribution is 2.21. The molecule has 0 aromatic carbocycles. The van der Waals surface area contributed by atoms with Crippen LogP contribution in [0.3, 0.4) is 0 Å². The number of carbonyl (C=O) groups is 1. The number of amides is 1. The smallest absolute Gasteiger partial charge is 0.231 e. The van der Waals surface area contributed by atoms with Gasteiger partial charge in [-0.2, -0.15) is 0 Å². The average Bonchev–Trinajstić information content (AvgIpc) is 2.15. The fourth-order valence-electron chi connectivity index (χ4n) is 0.877. The maximum atomic E-state index is 10.8. The molecule has 1 fully saturated rings. The maximum absolute atomic E-state index is 10.8. The summed E-state index contributed by atoms with van der Waals surface area (Å²) in [4.78, 5) is 10.8. The minimum Gasteiger partial charge on any atom is -0.394 e. The quantitative estimate of drug-likeness (QED) is 0.530. The van der Waals surface area contributed by atoms with E-state index in [1.807, 2.05) is 22.9 Å². The molecule has 52 valence electrons. The van der Waals surface area contributed by atoms with E-state index in [0.29, 0.717) is 6.42 Å². The SMILES string of the molecule is O=C1CC[C@@H](CO)N1I. The molecule has 0 aromatic heterocycles. The van der Waals surface area contributed by atoms with E-state index in [2.05, 4.69) is 0 Å². The van der Waals surface area contributed by atoms with Gasteiger partial charge in [0.2, 0.25) is 5.91 Å². The Morgan fingerprint density at radius 1 is 1.89 bits per heavy atom. The van der Waals surface area contributed by atoms with Crippen molar-refractivity contribution in [1.29, 1.82) is 0 Å². The van der Waals surface area contributed by atoms with Crippen molar-refractivity contribution in [3.8, 4) is 0 Å². The first-order valence-electron chi connectivity index (χ1n) is 2.84. The standard InChI is InChI=1S/C5H8INO2/c6-7-4(3-8)1-2-5(7)9/h4,8H,1-3H2/t4-/m0/s1. The lowest BCUT2D eigenvalue weighted by molar-refractivity contribution is -0.123. The van der Waals surface area contributed by atoms with Crippen LogP contribution in [0, 0.1) is 0 Å². The first kappa shape index (κ1) is 7.27. The van der Waals surface area contributed by atoms with Crippen molar-refractivity contribution in [3.05, 3.63) is 0 Å². The van der Waals surface area contributed by atoms with Crippen LogP contribution in [0.2, 0.25) is 0 Å². The van der Waals surface area contributed by atoms with Crippen LogP contribution in [-0.4, -0.2) is 26.8 Å². The molecule has 0 spiro atoms. The third-order valence-electron chi connectivity index (χ3n) is 1.46. The second-order valence-electron chi connectivity index (χ2n) is 2.08. The molecule has 1 aliphatic rings. The highest BCUT2D eigenvalue weighted by Gasteiger charge is 2.27. The first-order valence-corrected chi connectivity index (χ1v) is 3.81. The Labute approximate surface area is 67.5 Å². The van der Waals surface area contributed by atoms with Crippen molar-refractivity contribution in [2.24, 2.45) is 0 Å². The molecule has 4 heteroatoms. The Morgan fingerprint density at radius 3 is 2.78 bits per heavy atom. The van der Waals surface area contributed by atoms with Gasteiger partial charge in [0.15, 0.2) is 0 Å². The first-order chi connectivity index (χ1) is 4.25. The second kappa shape index (κ2) is 2.83. The Bertz CT molecular complexity index is 128. The Morgan fingerprint density at radius 2 is 2.56 bits per heavy atom. The molecule has 1 amide bonds. The molecular formula is C5H8INO2. The van der Waals surface area contributed by atoms with E-state index < -0.39 is 0 Å². The van der Waals surface area contributed by atoms with Crippen LogP contribution in [-0.2, 0) is 4.79 Å². The van der Waals surface area contributed by atoms with Gasteiger partial charge in [0.05, 0.1) is 35.5 Å². The molecule has 1 N–H and O–H groups in total. The van der Waals surface area contributed by atoms with Crippen molar-refractivity contribution in [3.63, 3.8) is 0 Å². The molecule has 3 nitrogen and oxygen atoms in total. The van der Waals surface area contributed by atoms with Gasteiger partial charge in [-0.05, 0) is 6.42 Å². The minimum atomic E-state index is 0.0677. The van der Waals surface area contributed by atoms with Crippen molar-refractivity contribution >= 4 is 28.8 Å². The van der Waals surface area contributed by atoms with E-state index >= 15 is 0 Å². The second-order valence-corrected chi connectivity index (χ2v) is 3.12. The molecule has 0 aromatic rings. The fourth-order valence-corrected chi connectivity index (χ4v) is 1.57. The number of hydrogen-bond donors (Lipinski definition) is 1. The molecule has 1 rings (SSSR count). The number of halogens is 1. The summed E-state index contributed by atoms with van der Waals surface area (Å²) in [5, 5.41) is 8.66. The molecule has 1 heterocycles. The zero-order chi connectivity index (χ0) is 6.85. The van der Waals surface area contributed by atoms with Gasteiger partial charge >= 0.3 is 0 Å². The fraction of sp³-hybridized carbons (Fsp3) is 0.800. The van der Waals surface area contributed by atoms with E-state index in [1.54, 1.807) is 3.11 Å². The Balaban J connectivity index is 2.51. The lowest BCUT2D eigenvalue weighted by Crippen LogP contribution is -2.25. The summed E-state index contributed by atoms with van der Waals surface area (Å²) >= 11 is 1.94. The summed E-state index contributed by atoms with van der Waals surface area (Å²) < 4.78 is 1.58. The van der Waals surface area contributed by atoms with Gasteiger partial charge in [-0.1, -0.05) is 0 Å². The predicted molar refractivity (Wildman–Crippen MR) is 41.0 cm³/mol. The van der Waals surface area contributed by atoms with Crippen LogP contribution < -0.4 is 0 Å². The minimum absolute atomic E-state index is 0.0677. The number of carbonyl (C=O) groups excluding carboxylic acids is 1. The molecule has 1 saturated heterocycles. The molecule has 1 aliphatic heterocycles. The largest absolute Gasteiger partial charge is 0.394 e. The normalized spacial score (nSPS) is 27.6. The van der Waals surface area contributed by atoms with Gasteiger partial charge < -0.3 is 5.11 Å². The highest BCUT2D eigenvalue weighted by atomic mass is 127. The van der Waals surface area contributed by atoms with E-state index in [0.717, 1.165) is 6.42 Å². The molecule has 9 heavy (non-hydrogen) atoms. The molecule has 0 radical (unpaired) electrons. The summed E-state index contributed by atoms with van der Waals surface area (Å²) in [6.45, 7) is 0.0919. The molecule has 0 bridgehead atoms. The van der Waals surface area contributed by atoms with E-state index in [-0.39, 0.29) is 18.6 Å².